The van der Waals surface area contributed by atoms with Crippen molar-refractivity contribution in [2.75, 3.05) is 0 Å². The molecule has 454 valence electrons. The Kier molecular flexibility index (Phi) is 12.4. The fourth-order valence-electron chi connectivity index (χ4n) is 14.9. The van der Waals surface area contributed by atoms with Crippen LogP contribution in [-0.4, -0.2) is 39.9 Å². The van der Waals surface area contributed by atoms with Gasteiger partial charge in [0.2, 0.25) is 0 Å². The van der Waals surface area contributed by atoms with Crippen LogP contribution in [0.4, 0.5) is 0 Å². The van der Waals surface area contributed by atoms with Crippen LogP contribution in [0.15, 0.2) is 313 Å². The Labute approximate surface area is 559 Å². The summed E-state index contributed by atoms with van der Waals surface area (Å²) in [4.78, 5) is 40.3. The highest BCUT2D eigenvalue weighted by molar-refractivity contribution is 6.30. The predicted octanol–water partition coefficient (Wildman–Crippen LogP) is 22.6. The average Bonchev–Trinajstić information content (AvgIpc) is 0.862. The lowest BCUT2D eigenvalue weighted by molar-refractivity contribution is 0.669. The number of nitrogens with zero attached hydrogens (tertiary/aromatic N) is 8. The van der Waals surface area contributed by atoms with E-state index in [1.165, 1.54) is 10.8 Å². The second-order valence-corrected chi connectivity index (χ2v) is 24.8. The van der Waals surface area contributed by atoms with Gasteiger partial charge in [-0.3, -0.25) is 9.97 Å². The van der Waals surface area contributed by atoms with Gasteiger partial charge in [0, 0.05) is 90.8 Å². The molecule has 6 heterocycles. The number of pyridine rings is 2. The first-order valence-electron chi connectivity index (χ1n) is 32.7. The maximum Gasteiger partial charge on any atom is 0.164 e. The van der Waals surface area contributed by atoms with Crippen LogP contribution >= 0.6 is 0 Å². The lowest BCUT2D eigenvalue weighted by Crippen LogP contribution is -2.00. The first-order chi connectivity index (χ1) is 48.6. The minimum absolute atomic E-state index is 0.538. The van der Waals surface area contributed by atoms with Crippen LogP contribution in [0.2, 0.25) is 0 Å². The van der Waals surface area contributed by atoms with Crippen LogP contribution in [-0.2, 0) is 0 Å². The van der Waals surface area contributed by atoms with Gasteiger partial charge in [-0.2, -0.15) is 0 Å². The van der Waals surface area contributed by atoms with E-state index in [1.54, 1.807) is 12.4 Å². The molecule has 20 rings (SSSR count). The monoisotopic (exact) mass is 1250 g/mol. The van der Waals surface area contributed by atoms with Gasteiger partial charge in [0.1, 0.15) is 22.3 Å². The highest BCUT2D eigenvalue weighted by Crippen LogP contribution is 2.50. The lowest BCUT2D eigenvalue weighted by atomic mass is 9.85. The maximum atomic E-state index is 7.07. The third-order valence-corrected chi connectivity index (χ3v) is 19.4. The molecule has 0 unspecified atom stereocenters. The molecule has 0 amide bonds. The molecule has 10 heteroatoms. The van der Waals surface area contributed by atoms with Crippen LogP contribution in [0, 0.1) is 0 Å². The van der Waals surface area contributed by atoms with Gasteiger partial charge in [0.05, 0.1) is 0 Å². The van der Waals surface area contributed by atoms with Crippen molar-refractivity contribution in [3.63, 3.8) is 0 Å². The van der Waals surface area contributed by atoms with E-state index in [1.807, 2.05) is 146 Å². The van der Waals surface area contributed by atoms with E-state index in [0.717, 1.165) is 165 Å². The Morgan fingerprint density at radius 3 is 1.01 bits per heavy atom. The highest BCUT2D eigenvalue weighted by Gasteiger charge is 2.26. The van der Waals surface area contributed by atoms with Gasteiger partial charge >= 0.3 is 0 Å². The summed E-state index contributed by atoms with van der Waals surface area (Å²) >= 11 is 0. The van der Waals surface area contributed by atoms with Crippen LogP contribution < -0.4 is 0 Å². The van der Waals surface area contributed by atoms with Crippen molar-refractivity contribution in [1.82, 2.24) is 39.9 Å². The number of aromatic nitrogens is 8. The predicted molar refractivity (Wildman–Crippen MR) is 397 cm³/mol. The van der Waals surface area contributed by atoms with Crippen molar-refractivity contribution in [3.05, 3.63) is 304 Å². The fraction of sp³-hybridized carbons (Fsp3) is 0. The normalized spacial score (nSPS) is 11.9. The fourth-order valence-corrected chi connectivity index (χ4v) is 14.9. The van der Waals surface area contributed by atoms with Crippen molar-refractivity contribution in [2.24, 2.45) is 0 Å². The molecule has 0 aliphatic heterocycles. The van der Waals surface area contributed by atoms with Gasteiger partial charge < -0.3 is 8.83 Å². The Morgan fingerprint density at radius 1 is 0.204 bits per heavy atom. The molecule has 0 atom stereocenters. The largest absolute Gasteiger partial charge is 0.455 e. The zero-order chi connectivity index (χ0) is 64.4. The number of hydrogen-bond acceptors (Lipinski definition) is 10. The summed E-state index contributed by atoms with van der Waals surface area (Å²) in [6.45, 7) is 0. The zero-order valence-corrected chi connectivity index (χ0v) is 52.3. The minimum Gasteiger partial charge on any atom is -0.455 e. The van der Waals surface area contributed by atoms with E-state index in [-0.39, 0.29) is 0 Å². The van der Waals surface area contributed by atoms with Gasteiger partial charge in [-0.1, -0.05) is 224 Å². The topological polar surface area (TPSA) is 129 Å². The summed E-state index contributed by atoms with van der Waals surface area (Å²) < 4.78 is 14.1. The molecule has 6 aromatic heterocycles. The average molecular weight is 1250 g/mol. The van der Waals surface area contributed by atoms with Gasteiger partial charge in [-0.05, 0) is 141 Å². The molecular weight excluding hydrogens is 1200 g/mol. The molecule has 0 saturated carbocycles. The molecule has 14 aromatic carbocycles. The molecule has 0 bridgehead atoms. The van der Waals surface area contributed by atoms with Crippen LogP contribution in [0.25, 0.3) is 210 Å². The van der Waals surface area contributed by atoms with Crippen molar-refractivity contribution in [1.29, 1.82) is 0 Å². The summed E-state index contributed by atoms with van der Waals surface area (Å²) in [5.41, 5.74) is 14.3. The molecule has 0 spiro atoms. The second kappa shape index (κ2) is 22.1. The molecule has 0 aliphatic rings. The zero-order valence-electron chi connectivity index (χ0n) is 52.3. The Bertz CT molecular complexity index is 6560. The van der Waals surface area contributed by atoms with Gasteiger partial charge in [-0.25, -0.2) is 29.9 Å². The number of benzene rings is 14. The van der Waals surface area contributed by atoms with E-state index in [9.17, 15) is 0 Å². The SMILES string of the molecule is c1ccc(-c2nc(-c3ccccc3)nc(-c3ccc(-c4cc5c6cccc(-c7cc8cc(-c9ccc(-c%10nc(-c%11ccccc%11)nc(-c%11ccccc%11)n%10)c%10c9oc9ccncc9%10)c9ccccc9c8c8ccccc78)c6ccc5c5ccccc45)c4oc5ccncc5c34)n2)cc1. The standard InChI is InChI=1S/C88H50N8O2/c1-5-20-51(21-6-1)83-91-84(52-22-7-2-8-23-52)94-87(93-83)68-40-38-66(81-79(68)74-49-89-44-42-76(74)97-81)71-47-55-46-70(60-30-15-17-32-64(60)78(55)65-33-18-16-31-61(65)71)58-34-19-35-59-62(58)36-37-63-56-28-13-14-29-57(56)73(48-72(59)63)67-39-41-69(80-75-50-90-45-43-77(75)98-82(67)80)88-95-85(53-24-9-3-10-25-53)92-86(96-88)54-26-11-4-12-27-54/h1-50H. The van der Waals surface area contributed by atoms with E-state index in [0.29, 0.717) is 34.9 Å². The summed E-state index contributed by atoms with van der Waals surface area (Å²) in [5.74, 6) is 3.40. The summed E-state index contributed by atoms with van der Waals surface area (Å²) in [6, 6.07) is 97.7. The van der Waals surface area contributed by atoms with E-state index in [4.69, 9.17) is 38.7 Å². The third kappa shape index (κ3) is 8.75. The highest BCUT2D eigenvalue weighted by atomic mass is 16.3. The van der Waals surface area contributed by atoms with Crippen LogP contribution in [0.5, 0.6) is 0 Å². The molecule has 0 radical (unpaired) electrons. The van der Waals surface area contributed by atoms with E-state index in [2.05, 4.69) is 156 Å². The van der Waals surface area contributed by atoms with Crippen LogP contribution in [0.3, 0.4) is 0 Å². The first-order valence-corrected chi connectivity index (χ1v) is 32.7. The molecule has 0 aliphatic carbocycles. The van der Waals surface area contributed by atoms with Gasteiger partial charge in [0.25, 0.3) is 0 Å². The van der Waals surface area contributed by atoms with Gasteiger partial charge in [-0.15, -0.1) is 0 Å². The Morgan fingerprint density at radius 2 is 0.541 bits per heavy atom. The van der Waals surface area contributed by atoms with E-state index < -0.39 is 0 Å². The molecule has 98 heavy (non-hydrogen) atoms. The number of hydrogen-bond donors (Lipinski definition) is 0. The molecular formula is C88H50N8O2. The maximum absolute atomic E-state index is 7.07. The molecule has 0 fully saturated rings. The molecule has 20 aromatic rings. The summed E-state index contributed by atoms with van der Waals surface area (Å²) in [5, 5.41) is 17.2. The smallest absolute Gasteiger partial charge is 0.164 e. The van der Waals surface area contributed by atoms with Gasteiger partial charge in [0.15, 0.2) is 34.9 Å². The second-order valence-electron chi connectivity index (χ2n) is 24.8. The van der Waals surface area contributed by atoms with E-state index >= 15 is 0 Å². The van der Waals surface area contributed by atoms with Crippen LogP contribution in [0.1, 0.15) is 0 Å². The van der Waals surface area contributed by atoms with Crippen molar-refractivity contribution < 1.29 is 8.83 Å². The molecule has 0 N–H and O–H groups in total. The quantitative estimate of drug-likeness (QED) is 0.129. The molecule has 10 nitrogen and oxygen atoms in total. The summed E-state index contributed by atoms with van der Waals surface area (Å²) in [7, 11) is 0. The van der Waals surface area contributed by atoms with Crippen molar-refractivity contribution in [2.45, 2.75) is 0 Å². The summed E-state index contributed by atoms with van der Waals surface area (Å²) in [6.07, 6.45) is 7.33. The van der Waals surface area contributed by atoms with Crippen molar-refractivity contribution in [3.8, 4) is 102 Å². The number of rotatable bonds is 9. The lowest BCUT2D eigenvalue weighted by Gasteiger charge is -2.18. The number of fused-ring (bicyclic) bond motifs is 16. The minimum atomic E-state index is 0.538. The first kappa shape index (κ1) is 55.1. The molecule has 0 saturated heterocycles. The number of furan rings is 2. The van der Waals surface area contributed by atoms with Crippen molar-refractivity contribution >= 4 is 109 Å². The Hall–Kier alpha value is -13.4. The third-order valence-electron chi connectivity index (χ3n) is 19.4. The Balaban J connectivity index is 0.780.